The fraction of sp³-hybridized carbons (Fsp3) is 0.333. The van der Waals surface area contributed by atoms with Crippen molar-refractivity contribution in [1.29, 1.82) is 0 Å². The second-order valence-electron chi connectivity index (χ2n) is 2.34. The van der Waals surface area contributed by atoms with Gasteiger partial charge in [-0.3, -0.25) is 0 Å². The highest BCUT2D eigenvalue weighted by Crippen LogP contribution is 2.19. The third-order valence-corrected chi connectivity index (χ3v) is 2.11. The Hall–Kier alpha value is -0.250. The van der Waals surface area contributed by atoms with Gasteiger partial charge >= 0.3 is 0 Å². The van der Waals surface area contributed by atoms with Crippen LogP contribution in [0.25, 0.3) is 0 Å². The van der Waals surface area contributed by atoms with E-state index in [0.717, 1.165) is 12.4 Å². The summed E-state index contributed by atoms with van der Waals surface area (Å²) in [5.41, 5.74) is 1.21. The van der Waals surface area contributed by atoms with Crippen molar-refractivity contribution in [3.05, 3.63) is 27.3 Å². The third-order valence-electron chi connectivity index (χ3n) is 1.44. The lowest BCUT2D eigenvalue weighted by atomic mass is 10.2. The van der Waals surface area contributed by atoms with E-state index in [-0.39, 0.29) is 0 Å². The molecule has 1 aromatic carbocycles. The second-order valence-corrected chi connectivity index (χ2v) is 3.59. The number of ether oxygens (including phenoxy) is 1. The normalized spacial score (nSPS) is 9.73. The summed E-state index contributed by atoms with van der Waals surface area (Å²) in [6, 6.07) is 6.19. The van der Waals surface area contributed by atoms with Crippen LogP contribution in [-0.4, -0.2) is 6.61 Å². The minimum absolute atomic E-state index is 0.738. The van der Waals surface area contributed by atoms with Gasteiger partial charge in [0.25, 0.3) is 0 Å². The molecule has 0 aliphatic rings. The molecular weight excluding hydrogens is 251 g/mol. The van der Waals surface area contributed by atoms with E-state index in [1.165, 1.54) is 9.13 Å². The van der Waals surface area contributed by atoms with Gasteiger partial charge < -0.3 is 4.74 Å². The summed E-state index contributed by atoms with van der Waals surface area (Å²) in [6.07, 6.45) is 0. The van der Waals surface area contributed by atoms with Crippen LogP contribution in [0.1, 0.15) is 12.5 Å². The first-order chi connectivity index (χ1) is 5.24. The third kappa shape index (κ3) is 2.36. The van der Waals surface area contributed by atoms with Crippen LogP contribution in [-0.2, 0) is 0 Å². The lowest BCUT2D eigenvalue weighted by Gasteiger charge is -2.05. The standard InChI is InChI=1S/C9H11IO/c1-3-11-9-5-4-8(10)6-7(9)2/h4-6H,3H2,1-2H3. The van der Waals surface area contributed by atoms with E-state index in [1.807, 2.05) is 13.0 Å². The maximum absolute atomic E-state index is 5.39. The van der Waals surface area contributed by atoms with Gasteiger partial charge in [0.1, 0.15) is 5.75 Å². The summed E-state index contributed by atoms with van der Waals surface area (Å²) >= 11 is 2.29. The molecule has 0 spiro atoms. The molecule has 0 unspecified atom stereocenters. The lowest BCUT2D eigenvalue weighted by molar-refractivity contribution is 0.338. The summed E-state index contributed by atoms with van der Waals surface area (Å²) in [5.74, 6) is 0.993. The number of halogens is 1. The number of aryl methyl sites for hydroxylation is 1. The highest BCUT2D eigenvalue weighted by Gasteiger charge is 1.97. The van der Waals surface area contributed by atoms with Crippen LogP contribution < -0.4 is 4.74 Å². The van der Waals surface area contributed by atoms with Crippen LogP contribution in [0, 0.1) is 10.5 Å². The number of hydrogen-bond acceptors (Lipinski definition) is 1. The molecule has 1 aromatic rings. The molecular formula is C9H11IO. The molecule has 1 rings (SSSR count). The molecule has 0 saturated heterocycles. The molecule has 0 heterocycles. The predicted molar refractivity (Wildman–Crippen MR) is 55.1 cm³/mol. The molecule has 11 heavy (non-hydrogen) atoms. The topological polar surface area (TPSA) is 9.23 Å². The average molecular weight is 262 g/mol. The van der Waals surface area contributed by atoms with Crippen molar-refractivity contribution >= 4 is 22.6 Å². The van der Waals surface area contributed by atoms with E-state index in [0.29, 0.717) is 0 Å². The fourth-order valence-corrected chi connectivity index (χ4v) is 1.58. The number of rotatable bonds is 2. The quantitative estimate of drug-likeness (QED) is 0.744. The first kappa shape index (κ1) is 8.84. The Bertz CT molecular complexity index is 245. The summed E-state index contributed by atoms with van der Waals surface area (Å²) in [4.78, 5) is 0. The Labute approximate surface area is 80.9 Å². The number of benzene rings is 1. The van der Waals surface area contributed by atoms with E-state index in [2.05, 4.69) is 41.6 Å². The molecule has 0 radical (unpaired) electrons. The Kier molecular flexibility index (Phi) is 3.17. The SMILES string of the molecule is CCOc1ccc(I)cc1C. The fourth-order valence-electron chi connectivity index (χ4n) is 0.930. The molecule has 2 heteroatoms. The Balaban J connectivity index is 2.90. The van der Waals surface area contributed by atoms with Crippen molar-refractivity contribution in [1.82, 2.24) is 0 Å². The second kappa shape index (κ2) is 3.95. The van der Waals surface area contributed by atoms with Crippen molar-refractivity contribution < 1.29 is 4.74 Å². The van der Waals surface area contributed by atoms with Gasteiger partial charge in [0.05, 0.1) is 6.61 Å². The smallest absolute Gasteiger partial charge is 0.122 e. The average Bonchev–Trinajstić information content (AvgIpc) is 1.95. The van der Waals surface area contributed by atoms with E-state index >= 15 is 0 Å². The zero-order chi connectivity index (χ0) is 8.27. The van der Waals surface area contributed by atoms with Gasteiger partial charge in [-0.25, -0.2) is 0 Å². The molecule has 0 atom stereocenters. The molecule has 1 nitrogen and oxygen atoms in total. The lowest BCUT2D eigenvalue weighted by Crippen LogP contribution is -1.93. The molecule has 0 amide bonds. The van der Waals surface area contributed by atoms with Gasteiger partial charge in [0.15, 0.2) is 0 Å². The predicted octanol–water partition coefficient (Wildman–Crippen LogP) is 3.00. The van der Waals surface area contributed by atoms with E-state index in [4.69, 9.17) is 4.74 Å². The van der Waals surface area contributed by atoms with Gasteiger partial charge in [-0.2, -0.15) is 0 Å². The zero-order valence-electron chi connectivity index (χ0n) is 6.73. The van der Waals surface area contributed by atoms with E-state index in [9.17, 15) is 0 Å². The summed E-state index contributed by atoms with van der Waals surface area (Å²) in [7, 11) is 0. The Morgan fingerprint density at radius 3 is 2.73 bits per heavy atom. The summed E-state index contributed by atoms with van der Waals surface area (Å²) in [6.45, 7) is 4.80. The molecule has 60 valence electrons. The zero-order valence-corrected chi connectivity index (χ0v) is 8.88. The van der Waals surface area contributed by atoms with Crippen molar-refractivity contribution in [3.8, 4) is 5.75 Å². The van der Waals surface area contributed by atoms with Gasteiger partial charge in [-0.15, -0.1) is 0 Å². The minimum Gasteiger partial charge on any atom is -0.494 e. The summed E-state index contributed by atoms with van der Waals surface area (Å²) < 4.78 is 6.64. The maximum Gasteiger partial charge on any atom is 0.122 e. The monoisotopic (exact) mass is 262 g/mol. The maximum atomic E-state index is 5.39. The van der Waals surface area contributed by atoms with E-state index in [1.54, 1.807) is 0 Å². The van der Waals surface area contributed by atoms with Crippen molar-refractivity contribution in [3.63, 3.8) is 0 Å². The van der Waals surface area contributed by atoms with Gasteiger partial charge in [-0.05, 0) is 60.2 Å². The molecule has 0 aromatic heterocycles. The largest absolute Gasteiger partial charge is 0.494 e. The van der Waals surface area contributed by atoms with Crippen molar-refractivity contribution in [2.75, 3.05) is 6.61 Å². The van der Waals surface area contributed by atoms with Crippen molar-refractivity contribution in [2.24, 2.45) is 0 Å². The highest BCUT2D eigenvalue weighted by molar-refractivity contribution is 14.1. The van der Waals surface area contributed by atoms with Crippen LogP contribution >= 0.6 is 22.6 Å². The molecule has 0 aliphatic carbocycles. The minimum atomic E-state index is 0.738. The first-order valence-corrected chi connectivity index (χ1v) is 4.71. The molecule has 0 fully saturated rings. The van der Waals surface area contributed by atoms with Crippen LogP contribution in [0.3, 0.4) is 0 Å². The first-order valence-electron chi connectivity index (χ1n) is 3.63. The molecule has 0 bridgehead atoms. The highest BCUT2D eigenvalue weighted by atomic mass is 127. The summed E-state index contributed by atoms with van der Waals surface area (Å²) in [5, 5.41) is 0. The molecule has 0 saturated carbocycles. The van der Waals surface area contributed by atoms with Gasteiger partial charge in [0.2, 0.25) is 0 Å². The van der Waals surface area contributed by atoms with Crippen LogP contribution in [0.5, 0.6) is 5.75 Å². The molecule has 0 N–H and O–H groups in total. The van der Waals surface area contributed by atoms with Crippen molar-refractivity contribution in [2.45, 2.75) is 13.8 Å². The van der Waals surface area contributed by atoms with Gasteiger partial charge in [0, 0.05) is 3.57 Å². The van der Waals surface area contributed by atoms with Crippen LogP contribution in [0.15, 0.2) is 18.2 Å². The van der Waals surface area contributed by atoms with Crippen LogP contribution in [0.4, 0.5) is 0 Å². The number of hydrogen-bond donors (Lipinski definition) is 0. The van der Waals surface area contributed by atoms with Crippen LogP contribution in [0.2, 0.25) is 0 Å². The van der Waals surface area contributed by atoms with E-state index < -0.39 is 0 Å². The Morgan fingerprint density at radius 1 is 1.45 bits per heavy atom. The van der Waals surface area contributed by atoms with Gasteiger partial charge in [-0.1, -0.05) is 0 Å². The molecule has 0 aliphatic heterocycles. The Morgan fingerprint density at radius 2 is 2.18 bits per heavy atom.